The molecule has 4 rings (SSSR count). The third kappa shape index (κ3) is 2.06. The summed E-state index contributed by atoms with van der Waals surface area (Å²) in [5, 5.41) is 0. The van der Waals surface area contributed by atoms with Crippen molar-refractivity contribution in [3.63, 3.8) is 0 Å². The molecule has 0 aliphatic carbocycles. The van der Waals surface area contributed by atoms with Gasteiger partial charge >= 0.3 is 0 Å². The Morgan fingerprint density at radius 3 is 2.81 bits per heavy atom. The molecule has 110 valence electrons. The van der Waals surface area contributed by atoms with Gasteiger partial charge in [0.2, 0.25) is 5.78 Å². The minimum absolute atomic E-state index is 0.0557. The Hall–Kier alpha value is -1.79. The highest BCUT2D eigenvalue weighted by Crippen LogP contribution is 2.32. The molecule has 0 spiro atoms. The number of likely N-dealkylation sites (N-methyl/N-ethyl adjacent to an activating group) is 1. The van der Waals surface area contributed by atoms with Crippen molar-refractivity contribution >= 4 is 11.6 Å². The summed E-state index contributed by atoms with van der Waals surface area (Å²) in [4.78, 5) is 23.6. The number of Topliss-reactive ketones (excluding diaryl/α,β-unsaturated/α-hetero) is 1. The normalized spacial score (nSPS) is 29.7. The number of morpholine rings is 1. The van der Waals surface area contributed by atoms with Crippen LogP contribution in [0.1, 0.15) is 23.3 Å². The summed E-state index contributed by atoms with van der Waals surface area (Å²) in [5.74, 6) is 0.818. The smallest absolute Gasteiger partial charge is 0.234 e. The number of nitrogens with zero attached hydrogens (tertiary/aromatic N) is 4. The Bertz CT molecular complexity index is 669. The number of imidazole rings is 1. The highest BCUT2D eigenvalue weighted by atomic mass is 16.5. The molecule has 4 heterocycles. The van der Waals surface area contributed by atoms with E-state index in [4.69, 9.17) is 4.74 Å². The lowest BCUT2D eigenvalue weighted by atomic mass is 9.82. The molecule has 6 nitrogen and oxygen atoms in total. The van der Waals surface area contributed by atoms with E-state index in [0.29, 0.717) is 23.6 Å². The van der Waals surface area contributed by atoms with Crippen LogP contribution in [0.15, 0.2) is 24.7 Å². The second-order valence-corrected chi connectivity index (χ2v) is 5.98. The molecule has 0 N–H and O–H groups in total. The second kappa shape index (κ2) is 4.89. The van der Waals surface area contributed by atoms with E-state index in [2.05, 4.69) is 21.9 Å². The molecule has 2 aromatic heterocycles. The number of hydrogen-bond acceptors (Lipinski definition) is 5. The Morgan fingerprint density at radius 2 is 2.05 bits per heavy atom. The van der Waals surface area contributed by atoms with Crippen LogP contribution in [-0.4, -0.2) is 57.4 Å². The highest BCUT2D eigenvalue weighted by Gasteiger charge is 2.40. The quantitative estimate of drug-likeness (QED) is 0.771. The molecule has 6 heteroatoms. The van der Waals surface area contributed by atoms with Gasteiger partial charge in [0.15, 0.2) is 5.78 Å². The van der Waals surface area contributed by atoms with Crippen molar-refractivity contribution < 1.29 is 9.53 Å². The number of fused-ring (bicyclic) bond motifs is 3. The van der Waals surface area contributed by atoms with Gasteiger partial charge in [0.25, 0.3) is 0 Å². The zero-order chi connectivity index (χ0) is 14.4. The van der Waals surface area contributed by atoms with Crippen molar-refractivity contribution in [2.24, 2.45) is 5.92 Å². The van der Waals surface area contributed by atoms with Crippen molar-refractivity contribution in [2.45, 2.75) is 24.9 Å². The van der Waals surface area contributed by atoms with E-state index in [1.165, 1.54) is 0 Å². The maximum Gasteiger partial charge on any atom is 0.234 e. The van der Waals surface area contributed by atoms with E-state index >= 15 is 0 Å². The molecular weight excluding hydrogens is 268 g/mol. The number of ether oxygens (including phenoxy) is 1. The molecule has 0 radical (unpaired) electrons. The average Bonchev–Trinajstić information content (AvgIpc) is 2.90. The molecule has 2 atom stereocenters. The number of ketones is 1. The van der Waals surface area contributed by atoms with Gasteiger partial charge in [-0.1, -0.05) is 0 Å². The molecule has 2 aliphatic heterocycles. The van der Waals surface area contributed by atoms with Crippen LogP contribution >= 0.6 is 0 Å². The zero-order valence-electron chi connectivity index (χ0n) is 12.0. The summed E-state index contributed by atoms with van der Waals surface area (Å²) in [5.41, 5.74) is 0.645. The minimum atomic E-state index is 0.0557. The first-order valence-electron chi connectivity index (χ1n) is 7.36. The van der Waals surface area contributed by atoms with Gasteiger partial charge in [-0.2, -0.15) is 0 Å². The van der Waals surface area contributed by atoms with Crippen molar-refractivity contribution in [3.05, 3.63) is 30.4 Å². The first-order chi connectivity index (χ1) is 10.2. The van der Waals surface area contributed by atoms with E-state index in [1.807, 2.05) is 12.3 Å². The van der Waals surface area contributed by atoms with Crippen LogP contribution in [0.25, 0.3) is 5.78 Å². The SMILES string of the molecule is CN1C2COCC1CC(C(=O)c1cnc3ncccn13)C2. The van der Waals surface area contributed by atoms with E-state index in [1.54, 1.807) is 16.8 Å². The monoisotopic (exact) mass is 286 g/mol. The zero-order valence-corrected chi connectivity index (χ0v) is 12.0. The average molecular weight is 286 g/mol. The standard InChI is InChI=1S/C15H18N4O2/c1-18-11-5-10(6-12(18)9-21-8-11)14(20)13-7-17-15-16-3-2-4-19(13)15/h2-4,7,10-12H,5-6,8-9H2,1H3. The van der Waals surface area contributed by atoms with Crippen LogP contribution in [0.4, 0.5) is 0 Å². The van der Waals surface area contributed by atoms with E-state index in [-0.39, 0.29) is 11.7 Å². The lowest BCUT2D eigenvalue weighted by Gasteiger charge is -2.46. The van der Waals surface area contributed by atoms with Gasteiger partial charge in [-0.15, -0.1) is 0 Å². The van der Waals surface area contributed by atoms with Crippen molar-refractivity contribution in [2.75, 3.05) is 20.3 Å². The van der Waals surface area contributed by atoms with Crippen LogP contribution in [0, 0.1) is 5.92 Å². The summed E-state index contributed by atoms with van der Waals surface area (Å²) in [7, 11) is 2.14. The Labute approximate surface area is 122 Å². The van der Waals surface area contributed by atoms with Crippen LogP contribution < -0.4 is 0 Å². The second-order valence-electron chi connectivity index (χ2n) is 5.98. The molecule has 0 aromatic carbocycles. The van der Waals surface area contributed by atoms with Crippen LogP contribution in [0.3, 0.4) is 0 Å². The predicted molar refractivity (Wildman–Crippen MR) is 76.2 cm³/mol. The molecular formula is C15H18N4O2. The predicted octanol–water partition coefficient (Wildman–Crippen LogP) is 1.02. The molecule has 2 saturated heterocycles. The molecule has 21 heavy (non-hydrogen) atoms. The summed E-state index contributed by atoms with van der Waals surface area (Å²) < 4.78 is 7.40. The van der Waals surface area contributed by atoms with Gasteiger partial charge in [-0.05, 0) is 26.0 Å². The van der Waals surface area contributed by atoms with Crippen LogP contribution in [0.5, 0.6) is 0 Å². The Kier molecular flexibility index (Phi) is 3.01. The fraction of sp³-hybridized carbons (Fsp3) is 0.533. The van der Waals surface area contributed by atoms with E-state index in [9.17, 15) is 4.79 Å². The molecule has 0 amide bonds. The number of rotatable bonds is 2. The highest BCUT2D eigenvalue weighted by molar-refractivity contribution is 5.97. The lowest BCUT2D eigenvalue weighted by molar-refractivity contribution is -0.0703. The lowest BCUT2D eigenvalue weighted by Crippen LogP contribution is -2.55. The third-order valence-electron chi connectivity index (χ3n) is 4.80. The van der Waals surface area contributed by atoms with Gasteiger partial charge in [0.1, 0.15) is 5.69 Å². The third-order valence-corrected chi connectivity index (χ3v) is 4.80. The first kappa shape index (κ1) is 12.9. The molecule has 0 saturated carbocycles. The number of piperidine rings is 1. The fourth-order valence-electron chi connectivity index (χ4n) is 3.53. The summed E-state index contributed by atoms with van der Waals surface area (Å²) in [6.45, 7) is 1.46. The van der Waals surface area contributed by atoms with Gasteiger partial charge in [-0.25, -0.2) is 9.97 Å². The number of hydrogen-bond donors (Lipinski definition) is 0. The number of carbonyl (C=O) groups excluding carboxylic acids is 1. The van der Waals surface area contributed by atoms with Gasteiger partial charge in [0.05, 0.1) is 19.4 Å². The van der Waals surface area contributed by atoms with E-state index in [0.717, 1.165) is 26.1 Å². The van der Waals surface area contributed by atoms with Gasteiger partial charge in [0, 0.05) is 30.4 Å². The fourth-order valence-corrected chi connectivity index (χ4v) is 3.53. The number of aromatic nitrogens is 3. The summed E-state index contributed by atoms with van der Waals surface area (Å²) in [6.07, 6.45) is 6.91. The van der Waals surface area contributed by atoms with Crippen molar-refractivity contribution in [3.8, 4) is 0 Å². The summed E-state index contributed by atoms with van der Waals surface area (Å²) >= 11 is 0. The van der Waals surface area contributed by atoms with Crippen molar-refractivity contribution in [1.29, 1.82) is 0 Å². The van der Waals surface area contributed by atoms with Crippen LogP contribution in [-0.2, 0) is 4.74 Å². The number of carbonyl (C=O) groups is 1. The molecule has 2 fully saturated rings. The first-order valence-corrected chi connectivity index (χ1v) is 7.36. The minimum Gasteiger partial charge on any atom is -0.378 e. The maximum atomic E-state index is 12.9. The molecule has 2 aliphatic rings. The topological polar surface area (TPSA) is 59.7 Å². The molecule has 2 aromatic rings. The van der Waals surface area contributed by atoms with E-state index < -0.39 is 0 Å². The molecule has 2 bridgehead atoms. The Morgan fingerprint density at radius 1 is 1.29 bits per heavy atom. The van der Waals surface area contributed by atoms with Gasteiger partial charge < -0.3 is 4.74 Å². The maximum absolute atomic E-state index is 12.9. The van der Waals surface area contributed by atoms with Crippen LogP contribution in [0.2, 0.25) is 0 Å². The molecule has 2 unspecified atom stereocenters. The van der Waals surface area contributed by atoms with Gasteiger partial charge in [-0.3, -0.25) is 14.1 Å². The van der Waals surface area contributed by atoms with Crippen molar-refractivity contribution in [1.82, 2.24) is 19.3 Å². The Balaban J connectivity index is 1.63. The largest absolute Gasteiger partial charge is 0.378 e. The summed E-state index contributed by atoms with van der Waals surface area (Å²) in [6, 6.07) is 2.52.